The van der Waals surface area contributed by atoms with Gasteiger partial charge in [0.15, 0.2) is 0 Å². The third-order valence-corrected chi connectivity index (χ3v) is 4.97. The fourth-order valence-electron chi connectivity index (χ4n) is 2.37. The Morgan fingerprint density at radius 2 is 2.11 bits per heavy atom. The molecule has 2 rings (SSSR count). The second-order valence-corrected chi connectivity index (χ2v) is 6.13. The van der Waals surface area contributed by atoms with Crippen LogP contribution in [0.25, 0.3) is 0 Å². The van der Waals surface area contributed by atoms with E-state index in [4.69, 9.17) is 4.74 Å². The van der Waals surface area contributed by atoms with Crippen molar-refractivity contribution in [1.29, 1.82) is 0 Å². The van der Waals surface area contributed by atoms with Crippen molar-refractivity contribution in [2.45, 2.75) is 19.3 Å². The van der Waals surface area contributed by atoms with E-state index in [1.54, 1.807) is 11.8 Å². The normalized spacial score (nSPS) is 26.8. The molecule has 0 bridgehead atoms. The van der Waals surface area contributed by atoms with Crippen molar-refractivity contribution in [1.82, 2.24) is 5.32 Å². The maximum absolute atomic E-state index is 11.9. The lowest BCUT2D eigenvalue weighted by molar-refractivity contribution is -0.154. The smallest absolute Gasteiger partial charge is 0.311 e. The van der Waals surface area contributed by atoms with Gasteiger partial charge in [-0.3, -0.25) is 9.59 Å². The maximum atomic E-state index is 11.9. The molecule has 2 heterocycles. The van der Waals surface area contributed by atoms with Crippen LogP contribution < -0.4 is 5.32 Å². The molecular formula is C12H19NO4S. The Kier molecular flexibility index (Phi) is 4.50. The van der Waals surface area contributed by atoms with E-state index in [0.29, 0.717) is 26.1 Å². The molecule has 18 heavy (non-hydrogen) atoms. The van der Waals surface area contributed by atoms with E-state index < -0.39 is 11.4 Å². The molecule has 2 N–H and O–H groups in total. The van der Waals surface area contributed by atoms with E-state index in [-0.39, 0.29) is 18.4 Å². The Labute approximate surface area is 111 Å². The zero-order chi connectivity index (χ0) is 13.0. The Morgan fingerprint density at radius 1 is 1.39 bits per heavy atom. The summed E-state index contributed by atoms with van der Waals surface area (Å²) in [5, 5.41) is 12.2. The highest BCUT2D eigenvalue weighted by Crippen LogP contribution is 2.30. The minimum Gasteiger partial charge on any atom is -0.481 e. The molecule has 2 aliphatic heterocycles. The zero-order valence-corrected chi connectivity index (χ0v) is 11.1. The van der Waals surface area contributed by atoms with E-state index in [2.05, 4.69) is 5.32 Å². The fraction of sp³-hybridized carbons (Fsp3) is 0.833. The quantitative estimate of drug-likeness (QED) is 0.790. The molecule has 0 spiro atoms. The first kappa shape index (κ1) is 13.7. The first-order chi connectivity index (χ1) is 8.64. The first-order valence-corrected chi connectivity index (χ1v) is 7.46. The van der Waals surface area contributed by atoms with Crippen molar-refractivity contribution >= 4 is 23.6 Å². The van der Waals surface area contributed by atoms with Gasteiger partial charge in [0.05, 0.1) is 5.41 Å². The molecular weight excluding hydrogens is 254 g/mol. The van der Waals surface area contributed by atoms with Crippen LogP contribution in [-0.2, 0) is 14.3 Å². The molecule has 6 heteroatoms. The Balaban J connectivity index is 1.89. The summed E-state index contributed by atoms with van der Waals surface area (Å²) in [7, 11) is 0. The molecule has 0 aliphatic carbocycles. The van der Waals surface area contributed by atoms with Gasteiger partial charge < -0.3 is 15.2 Å². The second-order valence-electron chi connectivity index (χ2n) is 4.98. The SMILES string of the molecule is O=C(NCC1(C(=O)O)CCOCC1)C1CCSC1. The predicted molar refractivity (Wildman–Crippen MR) is 68.6 cm³/mol. The molecule has 1 amide bonds. The highest BCUT2D eigenvalue weighted by molar-refractivity contribution is 7.99. The van der Waals surface area contributed by atoms with Crippen LogP contribution in [0, 0.1) is 11.3 Å². The molecule has 5 nitrogen and oxygen atoms in total. The molecule has 2 aliphatic rings. The number of nitrogens with one attached hydrogen (secondary N) is 1. The van der Waals surface area contributed by atoms with Crippen LogP contribution in [-0.4, -0.2) is 48.2 Å². The standard InChI is InChI=1S/C12H19NO4S/c14-10(9-1-6-18-7-9)13-8-12(11(15)16)2-4-17-5-3-12/h9H,1-8H2,(H,13,14)(H,15,16). The van der Waals surface area contributed by atoms with E-state index in [9.17, 15) is 14.7 Å². The fourth-order valence-corrected chi connectivity index (χ4v) is 3.59. The summed E-state index contributed by atoms with van der Waals surface area (Å²) < 4.78 is 5.20. The lowest BCUT2D eigenvalue weighted by Gasteiger charge is -2.33. The van der Waals surface area contributed by atoms with Gasteiger partial charge in [0.2, 0.25) is 5.91 Å². The third-order valence-electron chi connectivity index (χ3n) is 3.81. The van der Waals surface area contributed by atoms with Gasteiger partial charge in [0, 0.05) is 31.4 Å². The molecule has 2 saturated heterocycles. The summed E-state index contributed by atoms with van der Waals surface area (Å²) in [5.41, 5.74) is -0.834. The number of carboxylic acids is 1. The molecule has 0 radical (unpaired) electrons. The van der Waals surface area contributed by atoms with E-state index in [1.165, 1.54) is 0 Å². The number of carboxylic acid groups (broad SMARTS) is 1. The molecule has 1 unspecified atom stereocenters. The number of amides is 1. The molecule has 0 saturated carbocycles. The Hall–Kier alpha value is -0.750. The van der Waals surface area contributed by atoms with Gasteiger partial charge in [0.1, 0.15) is 0 Å². The topological polar surface area (TPSA) is 75.6 Å². The van der Waals surface area contributed by atoms with Crippen molar-refractivity contribution in [3.05, 3.63) is 0 Å². The van der Waals surface area contributed by atoms with Gasteiger partial charge >= 0.3 is 5.97 Å². The average Bonchev–Trinajstić information content (AvgIpc) is 2.91. The summed E-state index contributed by atoms with van der Waals surface area (Å²) in [4.78, 5) is 23.3. The number of thioether (sulfide) groups is 1. The Morgan fingerprint density at radius 3 is 2.67 bits per heavy atom. The van der Waals surface area contributed by atoms with Crippen LogP contribution in [0.1, 0.15) is 19.3 Å². The Bertz CT molecular complexity index is 322. The monoisotopic (exact) mass is 273 g/mol. The van der Waals surface area contributed by atoms with Gasteiger partial charge in [-0.05, 0) is 25.0 Å². The average molecular weight is 273 g/mol. The summed E-state index contributed by atoms with van der Waals surface area (Å²) in [6, 6.07) is 0. The maximum Gasteiger partial charge on any atom is 0.311 e. The van der Waals surface area contributed by atoms with Crippen LogP contribution in [0.5, 0.6) is 0 Å². The van der Waals surface area contributed by atoms with E-state index >= 15 is 0 Å². The van der Waals surface area contributed by atoms with Crippen LogP contribution in [0.2, 0.25) is 0 Å². The van der Waals surface area contributed by atoms with Gasteiger partial charge in [-0.2, -0.15) is 11.8 Å². The summed E-state index contributed by atoms with van der Waals surface area (Å²) in [6.07, 6.45) is 1.85. The number of rotatable bonds is 4. The van der Waals surface area contributed by atoms with Gasteiger partial charge in [-0.1, -0.05) is 0 Å². The molecule has 0 aromatic rings. The van der Waals surface area contributed by atoms with Crippen molar-refractivity contribution in [3.63, 3.8) is 0 Å². The number of carbonyl (C=O) groups is 2. The highest BCUT2D eigenvalue weighted by Gasteiger charge is 2.40. The summed E-state index contributed by atoms with van der Waals surface area (Å²) >= 11 is 1.78. The minimum absolute atomic E-state index is 0.00659. The van der Waals surface area contributed by atoms with Crippen molar-refractivity contribution in [3.8, 4) is 0 Å². The third kappa shape index (κ3) is 2.98. The van der Waals surface area contributed by atoms with E-state index in [1.807, 2.05) is 0 Å². The highest BCUT2D eigenvalue weighted by atomic mass is 32.2. The molecule has 0 aromatic heterocycles. The molecule has 0 aromatic carbocycles. The van der Waals surface area contributed by atoms with E-state index in [0.717, 1.165) is 17.9 Å². The van der Waals surface area contributed by atoms with Crippen molar-refractivity contribution in [2.75, 3.05) is 31.3 Å². The number of carbonyl (C=O) groups excluding carboxylic acids is 1. The van der Waals surface area contributed by atoms with Gasteiger partial charge in [0.25, 0.3) is 0 Å². The molecule has 2 fully saturated rings. The summed E-state index contributed by atoms with van der Waals surface area (Å²) in [5.74, 6) is 1.12. The zero-order valence-electron chi connectivity index (χ0n) is 10.3. The number of hydrogen-bond acceptors (Lipinski definition) is 4. The lowest BCUT2D eigenvalue weighted by atomic mass is 9.80. The van der Waals surface area contributed by atoms with Crippen LogP contribution in [0.3, 0.4) is 0 Å². The molecule has 102 valence electrons. The number of ether oxygens (including phenoxy) is 1. The molecule has 1 atom stereocenters. The summed E-state index contributed by atoms with van der Waals surface area (Å²) in [6.45, 7) is 1.15. The lowest BCUT2D eigenvalue weighted by Crippen LogP contribution is -2.47. The second kappa shape index (κ2) is 5.93. The first-order valence-electron chi connectivity index (χ1n) is 6.31. The van der Waals surface area contributed by atoms with Crippen LogP contribution in [0.4, 0.5) is 0 Å². The van der Waals surface area contributed by atoms with Crippen LogP contribution in [0.15, 0.2) is 0 Å². The van der Waals surface area contributed by atoms with Crippen LogP contribution >= 0.6 is 11.8 Å². The largest absolute Gasteiger partial charge is 0.481 e. The van der Waals surface area contributed by atoms with Crippen molar-refractivity contribution < 1.29 is 19.4 Å². The number of hydrogen-bond donors (Lipinski definition) is 2. The predicted octanol–water partition coefficient (Wildman–Crippen LogP) is 0.737. The van der Waals surface area contributed by atoms with Gasteiger partial charge in [-0.25, -0.2) is 0 Å². The number of aliphatic carboxylic acids is 1. The minimum atomic E-state index is -0.834. The van der Waals surface area contributed by atoms with Crippen molar-refractivity contribution in [2.24, 2.45) is 11.3 Å². The van der Waals surface area contributed by atoms with Gasteiger partial charge in [-0.15, -0.1) is 0 Å².